The number of carbonyl (C=O) groups is 1. The third-order valence-electron chi connectivity index (χ3n) is 3.06. The van der Waals surface area contributed by atoms with Gasteiger partial charge in [-0.2, -0.15) is 0 Å². The molecule has 1 aromatic carbocycles. The summed E-state index contributed by atoms with van der Waals surface area (Å²) in [5.74, 6) is 0.832. The second kappa shape index (κ2) is 7.52. The number of nitrogens with one attached hydrogen (secondary N) is 1. The van der Waals surface area contributed by atoms with Crippen molar-refractivity contribution in [1.82, 2.24) is 5.32 Å². The third kappa shape index (κ3) is 4.51. The molecule has 0 aliphatic heterocycles. The molecule has 5 heteroatoms. The summed E-state index contributed by atoms with van der Waals surface area (Å²) in [6.07, 6.45) is 0. The number of phenolic OH excluding ortho intramolecular Hbond substituents is 1. The fourth-order valence-electron chi connectivity index (χ4n) is 1.97. The maximum Gasteiger partial charge on any atom is 0.230 e. The number of hydrogen-bond acceptors (Lipinski definition) is 4. The predicted molar refractivity (Wildman–Crippen MR) is 88.9 cm³/mol. The Labute approximate surface area is 133 Å². The number of amides is 1. The zero-order valence-corrected chi connectivity index (χ0v) is 13.7. The van der Waals surface area contributed by atoms with Crippen molar-refractivity contribution in [2.45, 2.75) is 24.8 Å². The average molecular weight is 321 g/mol. The van der Waals surface area contributed by atoms with E-state index in [-0.39, 0.29) is 17.7 Å². The molecule has 21 heavy (non-hydrogen) atoms. The Morgan fingerprint density at radius 1 is 1.29 bits per heavy atom. The zero-order chi connectivity index (χ0) is 15.2. The molecule has 2 N–H and O–H groups in total. The summed E-state index contributed by atoms with van der Waals surface area (Å²) < 4.78 is 0. The van der Waals surface area contributed by atoms with E-state index in [1.54, 1.807) is 23.5 Å². The van der Waals surface area contributed by atoms with E-state index in [1.807, 2.05) is 29.6 Å². The Bertz CT molecular complexity index is 582. The van der Waals surface area contributed by atoms with Crippen LogP contribution in [-0.4, -0.2) is 16.8 Å². The van der Waals surface area contributed by atoms with Gasteiger partial charge in [-0.15, -0.1) is 23.1 Å². The summed E-state index contributed by atoms with van der Waals surface area (Å²) in [7, 11) is 0. The first-order valence-electron chi connectivity index (χ1n) is 6.81. The highest BCUT2D eigenvalue weighted by molar-refractivity contribution is 8.00. The lowest BCUT2D eigenvalue weighted by Gasteiger charge is -2.21. The molecular formula is C16H19NO2S2. The van der Waals surface area contributed by atoms with Crippen molar-refractivity contribution in [2.75, 3.05) is 5.75 Å². The topological polar surface area (TPSA) is 49.3 Å². The van der Waals surface area contributed by atoms with Gasteiger partial charge in [0.2, 0.25) is 5.91 Å². The maximum atomic E-state index is 12.1. The van der Waals surface area contributed by atoms with E-state index < -0.39 is 0 Å². The van der Waals surface area contributed by atoms with E-state index >= 15 is 0 Å². The van der Waals surface area contributed by atoms with Crippen LogP contribution in [0.4, 0.5) is 0 Å². The lowest BCUT2D eigenvalue weighted by Crippen LogP contribution is -2.32. The van der Waals surface area contributed by atoms with E-state index in [0.717, 1.165) is 4.90 Å². The predicted octanol–water partition coefficient (Wildman–Crippen LogP) is 4.06. The average Bonchev–Trinajstić information content (AvgIpc) is 2.97. The standard InChI is InChI=1S/C16H19NO2S2/c1-11(2)16(14-8-5-9-20-14)17-15(19)10-21-13-7-4-3-6-12(13)18/h3-9,11,16,18H,10H2,1-2H3,(H,17,19). The zero-order valence-electron chi connectivity index (χ0n) is 12.1. The molecule has 1 amide bonds. The van der Waals surface area contributed by atoms with Gasteiger partial charge >= 0.3 is 0 Å². The smallest absolute Gasteiger partial charge is 0.230 e. The summed E-state index contributed by atoms with van der Waals surface area (Å²) in [6, 6.07) is 11.1. The van der Waals surface area contributed by atoms with Gasteiger partial charge in [-0.25, -0.2) is 0 Å². The van der Waals surface area contributed by atoms with E-state index in [4.69, 9.17) is 0 Å². The van der Waals surface area contributed by atoms with Gasteiger partial charge in [0, 0.05) is 9.77 Å². The molecule has 0 aliphatic carbocycles. The molecule has 0 saturated heterocycles. The number of aromatic hydroxyl groups is 1. The van der Waals surface area contributed by atoms with Gasteiger partial charge in [0.05, 0.1) is 11.8 Å². The van der Waals surface area contributed by atoms with Crippen LogP contribution in [0.25, 0.3) is 0 Å². The second-order valence-corrected chi connectivity index (χ2v) is 7.06. The van der Waals surface area contributed by atoms with Crippen molar-refractivity contribution in [1.29, 1.82) is 0 Å². The molecule has 0 saturated carbocycles. The van der Waals surface area contributed by atoms with Crippen molar-refractivity contribution in [2.24, 2.45) is 5.92 Å². The van der Waals surface area contributed by atoms with E-state index in [0.29, 0.717) is 11.7 Å². The number of rotatable bonds is 6. The number of benzene rings is 1. The molecule has 2 rings (SSSR count). The summed E-state index contributed by atoms with van der Waals surface area (Å²) >= 11 is 3.00. The van der Waals surface area contributed by atoms with Crippen molar-refractivity contribution in [3.05, 3.63) is 46.7 Å². The number of hydrogen-bond donors (Lipinski definition) is 2. The van der Waals surface area contributed by atoms with Crippen LogP contribution in [0.5, 0.6) is 5.75 Å². The number of thioether (sulfide) groups is 1. The first-order valence-corrected chi connectivity index (χ1v) is 8.68. The van der Waals surface area contributed by atoms with Crippen molar-refractivity contribution in [3.8, 4) is 5.75 Å². The van der Waals surface area contributed by atoms with Gasteiger partial charge in [0.15, 0.2) is 0 Å². The lowest BCUT2D eigenvalue weighted by molar-refractivity contribution is -0.119. The second-order valence-electron chi connectivity index (χ2n) is 5.06. The van der Waals surface area contributed by atoms with Gasteiger partial charge in [-0.1, -0.05) is 32.0 Å². The van der Waals surface area contributed by atoms with Gasteiger partial charge in [0.1, 0.15) is 5.75 Å². The molecule has 0 spiro atoms. The van der Waals surface area contributed by atoms with Crippen LogP contribution in [-0.2, 0) is 4.79 Å². The number of para-hydroxylation sites is 1. The minimum Gasteiger partial charge on any atom is -0.507 e. The highest BCUT2D eigenvalue weighted by Gasteiger charge is 2.19. The van der Waals surface area contributed by atoms with Crippen LogP contribution in [0.2, 0.25) is 0 Å². The fourth-order valence-corrected chi connectivity index (χ4v) is 3.68. The van der Waals surface area contributed by atoms with E-state index in [1.165, 1.54) is 16.6 Å². The van der Waals surface area contributed by atoms with Gasteiger partial charge in [-0.05, 0) is 29.5 Å². The molecule has 0 fully saturated rings. The minimum absolute atomic E-state index is 0.0182. The maximum absolute atomic E-state index is 12.1. The molecule has 1 heterocycles. The fraction of sp³-hybridized carbons (Fsp3) is 0.312. The molecule has 112 valence electrons. The molecule has 0 aliphatic rings. The van der Waals surface area contributed by atoms with Crippen LogP contribution < -0.4 is 5.32 Å². The number of thiophene rings is 1. The molecule has 1 atom stereocenters. The lowest BCUT2D eigenvalue weighted by atomic mass is 10.0. The Kier molecular flexibility index (Phi) is 5.70. The van der Waals surface area contributed by atoms with Crippen molar-refractivity contribution >= 4 is 29.0 Å². The molecule has 0 radical (unpaired) electrons. The number of carbonyl (C=O) groups excluding carboxylic acids is 1. The summed E-state index contributed by atoms with van der Waals surface area (Å²) in [5.41, 5.74) is 0. The highest BCUT2D eigenvalue weighted by atomic mass is 32.2. The van der Waals surface area contributed by atoms with Crippen molar-refractivity contribution < 1.29 is 9.90 Å². The van der Waals surface area contributed by atoms with Crippen LogP contribution in [0.15, 0.2) is 46.7 Å². The molecule has 0 bridgehead atoms. The molecule has 1 aromatic heterocycles. The van der Waals surface area contributed by atoms with E-state index in [9.17, 15) is 9.90 Å². The van der Waals surface area contributed by atoms with Crippen LogP contribution in [0, 0.1) is 5.92 Å². The minimum atomic E-state index is -0.0182. The Morgan fingerprint density at radius 3 is 2.67 bits per heavy atom. The summed E-state index contributed by atoms with van der Waals surface area (Å²) in [5, 5.41) is 14.8. The van der Waals surface area contributed by atoms with Gasteiger partial charge in [-0.3, -0.25) is 4.79 Å². The number of phenols is 1. The Morgan fingerprint density at radius 2 is 2.05 bits per heavy atom. The van der Waals surface area contributed by atoms with Crippen LogP contribution >= 0.6 is 23.1 Å². The largest absolute Gasteiger partial charge is 0.507 e. The summed E-state index contributed by atoms with van der Waals surface area (Å²) in [4.78, 5) is 14.0. The monoisotopic (exact) mass is 321 g/mol. The normalized spacial score (nSPS) is 12.3. The molecule has 1 unspecified atom stereocenters. The molecular weight excluding hydrogens is 302 g/mol. The quantitative estimate of drug-likeness (QED) is 0.789. The van der Waals surface area contributed by atoms with E-state index in [2.05, 4.69) is 19.2 Å². The third-order valence-corrected chi connectivity index (χ3v) is 5.08. The van der Waals surface area contributed by atoms with Crippen LogP contribution in [0.1, 0.15) is 24.8 Å². The molecule has 2 aromatic rings. The Balaban J connectivity index is 1.93. The summed E-state index contributed by atoms with van der Waals surface area (Å²) in [6.45, 7) is 4.20. The SMILES string of the molecule is CC(C)C(NC(=O)CSc1ccccc1O)c1cccs1. The first-order chi connectivity index (χ1) is 10.1. The van der Waals surface area contributed by atoms with Crippen LogP contribution in [0.3, 0.4) is 0 Å². The highest BCUT2D eigenvalue weighted by Crippen LogP contribution is 2.29. The Hall–Kier alpha value is -1.46. The molecule has 3 nitrogen and oxygen atoms in total. The first kappa shape index (κ1) is 15.9. The van der Waals surface area contributed by atoms with Crippen molar-refractivity contribution in [3.63, 3.8) is 0 Å². The van der Waals surface area contributed by atoms with Gasteiger partial charge in [0.25, 0.3) is 0 Å². The van der Waals surface area contributed by atoms with Gasteiger partial charge < -0.3 is 10.4 Å².